The van der Waals surface area contributed by atoms with Gasteiger partial charge >= 0.3 is 5.97 Å². The van der Waals surface area contributed by atoms with Crippen LogP contribution in [0.1, 0.15) is 35.2 Å². The molecule has 0 N–H and O–H groups in total. The molecule has 3 nitrogen and oxygen atoms in total. The van der Waals surface area contributed by atoms with Crippen LogP contribution >= 0.6 is 0 Å². The van der Waals surface area contributed by atoms with Gasteiger partial charge in [-0.3, -0.25) is 0 Å². The Morgan fingerprint density at radius 1 is 0.903 bits per heavy atom. The first kappa shape index (κ1) is 21.3. The van der Waals surface area contributed by atoms with Crippen molar-refractivity contribution in [1.29, 1.82) is 0 Å². The summed E-state index contributed by atoms with van der Waals surface area (Å²) in [6.45, 7) is 3.77. The summed E-state index contributed by atoms with van der Waals surface area (Å²) >= 11 is 0. The van der Waals surface area contributed by atoms with E-state index in [1.54, 1.807) is 0 Å². The van der Waals surface area contributed by atoms with Gasteiger partial charge in [-0.2, -0.15) is 0 Å². The van der Waals surface area contributed by atoms with Crippen molar-refractivity contribution in [3.8, 4) is 11.1 Å². The molecule has 3 aromatic rings. The number of rotatable bonds is 8. The molecule has 0 bridgehead atoms. The molecule has 4 rings (SSSR count). The molecule has 1 atom stereocenters. The average molecular weight is 414 g/mol. The number of benzene rings is 3. The Morgan fingerprint density at radius 2 is 1.61 bits per heavy atom. The lowest BCUT2D eigenvalue weighted by molar-refractivity contribution is 0.0354. The van der Waals surface area contributed by atoms with E-state index in [1.165, 1.54) is 18.4 Å². The van der Waals surface area contributed by atoms with Gasteiger partial charge in [-0.1, -0.05) is 78.9 Å². The zero-order valence-corrected chi connectivity index (χ0v) is 18.1. The molecule has 1 saturated heterocycles. The van der Waals surface area contributed by atoms with Gasteiger partial charge in [-0.15, -0.1) is 0 Å². The van der Waals surface area contributed by atoms with E-state index in [0.29, 0.717) is 18.1 Å². The lowest BCUT2D eigenvalue weighted by atomic mass is 9.98. The highest BCUT2D eigenvalue weighted by atomic mass is 16.5. The maximum absolute atomic E-state index is 12.9. The van der Waals surface area contributed by atoms with Crippen molar-refractivity contribution in [3.63, 3.8) is 0 Å². The van der Waals surface area contributed by atoms with Gasteiger partial charge < -0.3 is 9.64 Å². The largest absolute Gasteiger partial charge is 0.462 e. The smallest absolute Gasteiger partial charge is 0.338 e. The summed E-state index contributed by atoms with van der Waals surface area (Å²) in [7, 11) is 0. The van der Waals surface area contributed by atoms with Crippen molar-refractivity contribution in [3.05, 3.63) is 96.1 Å². The van der Waals surface area contributed by atoms with Gasteiger partial charge in [-0.05, 0) is 61.5 Å². The fourth-order valence-corrected chi connectivity index (χ4v) is 4.44. The van der Waals surface area contributed by atoms with E-state index in [-0.39, 0.29) is 5.97 Å². The Morgan fingerprint density at radius 3 is 2.42 bits per heavy atom. The summed E-state index contributed by atoms with van der Waals surface area (Å²) in [4.78, 5) is 15.4. The number of carbonyl (C=O) groups is 1. The van der Waals surface area contributed by atoms with Gasteiger partial charge in [0.05, 0.1) is 12.2 Å². The molecular formula is C28H31NO2. The zero-order chi connectivity index (χ0) is 21.3. The third-order valence-corrected chi connectivity index (χ3v) is 6.07. The number of hydrogen-bond donors (Lipinski definition) is 0. The number of nitrogens with zero attached hydrogens (tertiary/aromatic N) is 1. The van der Waals surface area contributed by atoms with Crippen molar-refractivity contribution in [1.82, 2.24) is 4.90 Å². The van der Waals surface area contributed by atoms with E-state index >= 15 is 0 Å². The Labute approximate surface area is 185 Å². The number of carbonyl (C=O) groups excluding carboxylic acids is 1. The number of likely N-dealkylation sites (tertiary alicyclic amines) is 1. The summed E-state index contributed by atoms with van der Waals surface area (Å²) < 4.78 is 5.79. The number of esters is 1. The third-order valence-electron chi connectivity index (χ3n) is 6.07. The van der Waals surface area contributed by atoms with E-state index in [4.69, 9.17) is 4.74 Å². The monoisotopic (exact) mass is 413 g/mol. The summed E-state index contributed by atoms with van der Waals surface area (Å²) in [6.07, 6.45) is 4.59. The Bertz CT molecular complexity index is 955. The van der Waals surface area contributed by atoms with Gasteiger partial charge in [0, 0.05) is 12.5 Å². The molecule has 0 aliphatic carbocycles. The molecule has 3 aromatic carbocycles. The standard InChI is InChI=1S/C28H31NO2/c30-28(27-18-8-7-17-26(27)25-15-5-2-6-16-25)31-22-24-14-10-20-29(21-24)19-9-13-23-11-3-1-4-12-23/h1-8,11-12,15-18,24H,9-10,13-14,19-22H2/t24-/m0/s1. The molecule has 0 aromatic heterocycles. The quantitative estimate of drug-likeness (QED) is 0.434. The lowest BCUT2D eigenvalue weighted by Crippen LogP contribution is -2.38. The normalized spacial score (nSPS) is 16.7. The minimum absolute atomic E-state index is 0.222. The van der Waals surface area contributed by atoms with E-state index < -0.39 is 0 Å². The first-order chi connectivity index (χ1) is 15.3. The molecule has 0 spiro atoms. The molecule has 3 heteroatoms. The molecule has 1 heterocycles. The van der Waals surface area contributed by atoms with Crippen LogP contribution in [0, 0.1) is 5.92 Å². The van der Waals surface area contributed by atoms with E-state index in [2.05, 4.69) is 35.2 Å². The highest BCUT2D eigenvalue weighted by Crippen LogP contribution is 2.25. The predicted octanol–water partition coefficient (Wildman–Crippen LogP) is 5.86. The maximum Gasteiger partial charge on any atom is 0.338 e. The van der Waals surface area contributed by atoms with Gasteiger partial charge in [0.2, 0.25) is 0 Å². The van der Waals surface area contributed by atoms with E-state index in [1.807, 2.05) is 54.6 Å². The van der Waals surface area contributed by atoms with Crippen LogP contribution < -0.4 is 0 Å². The van der Waals surface area contributed by atoms with Crippen LogP contribution in [-0.2, 0) is 11.2 Å². The molecule has 1 aliphatic rings. The number of hydrogen-bond acceptors (Lipinski definition) is 3. The van der Waals surface area contributed by atoms with Crippen LogP contribution in [0.15, 0.2) is 84.9 Å². The fraction of sp³-hybridized carbons (Fsp3) is 0.321. The Balaban J connectivity index is 1.28. The molecule has 0 saturated carbocycles. The van der Waals surface area contributed by atoms with Crippen LogP contribution in [-0.4, -0.2) is 37.1 Å². The van der Waals surface area contributed by atoms with Crippen LogP contribution in [0.5, 0.6) is 0 Å². The lowest BCUT2D eigenvalue weighted by Gasteiger charge is -2.32. The van der Waals surface area contributed by atoms with Crippen molar-refractivity contribution >= 4 is 5.97 Å². The van der Waals surface area contributed by atoms with Gasteiger partial charge in [0.25, 0.3) is 0 Å². The minimum atomic E-state index is -0.222. The minimum Gasteiger partial charge on any atom is -0.462 e. The number of ether oxygens (including phenoxy) is 1. The van der Waals surface area contributed by atoms with Gasteiger partial charge in [0.1, 0.15) is 0 Å². The van der Waals surface area contributed by atoms with Gasteiger partial charge in [-0.25, -0.2) is 4.79 Å². The predicted molar refractivity (Wildman–Crippen MR) is 126 cm³/mol. The Hall–Kier alpha value is -2.91. The summed E-state index contributed by atoms with van der Waals surface area (Å²) in [5.74, 6) is 0.193. The highest BCUT2D eigenvalue weighted by molar-refractivity contribution is 5.97. The first-order valence-electron chi connectivity index (χ1n) is 11.4. The topological polar surface area (TPSA) is 29.5 Å². The summed E-state index contributed by atoms with van der Waals surface area (Å²) in [5, 5.41) is 0. The molecule has 0 radical (unpaired) electrons. The highest BCUT2D eigenvalue weighted by Gasteiger charge is 2.22. The second-order valence-corrected chi connectivity index (χ2v) is 8.41. The van der Waals surface area contributed by atoms with Crippen LogP contribution in [0.4, 0.5) is 0 Å². The fourth-order valence-electron chi connectivity index (χ4n) is 4.44. The SMILES string of the molecule is O=C(OC[C@H]1CCCN(CCCc2ccccc2)C1)c1ccccc1-c1ccccc1. The molecular weight excluding hydrogens is 382 g/mol. The zero-order valence-electron chi connectivity index (χ0n) is 18.1. The van der Waals surface area contributed by atoms with Crippen LogP contribution in [0.25, 0.3) is 11.1 Å². The van der Waals surface area contributed by atoms with E-state index in [0.717, 1.165) is 43.6 Å². The third kappa shape index (κ3) is 6.05. The van der Waals surface area contributed by atoms with Crippen molar-refractivity contribution in [2.75, 3.05) is 26.2 Å². The molecule has 0 unspecified atom stereocenters. The summed E-state index contributed by atoms with van der Waals surface area (Å²) in [6, 6.07) is 28.4. The molecule has 160 valence electrons. The molecule has 1 aliphatic heterocycles. The van der Waals surface area contributed by atoms with Crippen molar-refractivity contribution in [2.24, 2.45) is 5.92 Å². The van der Waals surface area contributed by atoms with E-state index in [9.17, 15) is 4.79 Å². The average Bonchev–Trinajstić information content (AvgIpc) is 2.84. The molecule has 1 fully saturated rings. The van der Waals surface area contributed by atoms with Crippen LogP contribution in [0.3, 0.4) is 0 Å². The number of piperidine rings is 1. The second-order valence-electron chi connectivity index (χ2n) is 8.41. The van der Waals surface area contributed by atoms with Crippen molar-refractivity contribution < 1.29 is 9.53 Å². The van der Waals surface area contributed by atoms with Crippen LogP contribution in [0.2, 0.25) is 0 Å². The van der Waals surface area contributed by atoms with Gasteiger partial charge in [0.15, 0.2) is 0 Å². The second kappa shape index (κ2) is 10.9. The summed E-state index contributed by atoms with van der Waals surface area (Å²) in [5.41, 5.74) is 4.02. The molecule has 0 amide bonds. The molecule has 31 heavy (non-hydrogen) atoms. The Kier molecular flexibility index (Phi) is 7.51. The maximum atomic E-state index is 12.9. The van der Waals surface area contributed by atoms with Crippen molar-refractivity contribution in [2.45, 2.75) is 25.7 Å². The number of aryl methyl sites for hydroxylation is 1. The first-order valence-corrected chi connectivity index (χ1v) is 11.4.